The summed E-state index contributed by atoms with van der Waals surface area (Å²) in [5.74, 6) is -1.38. The summed E-state index contributed by atoms with van der Waals surface area (Å²) in [6.07, 6.45) is 0. The molecule has 0 spiro atoms. The Bertz CT molecular complexity index is 331. The molecule has 0 aliphatic rings. The van der Waals surface area contributed by atoms with Gasteiger partial charge in [0.1, 0.15) is 0 Å². The topological polar surface area (TPSA) is 66.5 Å². The van der Waals surface area contributed by atoms with E-state index < -0.39 is 17.6 Å². The SMILES string of the molecule is Cc1c(Cl)cc(F)c(O)c1C(N)CO. The summed E-state index contributed by atoms with van der Waals surface area (Å²) in [5.41, 5.74) is 6.13. The van der Waals surface area contributed by atoms with Gasteiger partial charge in [-0.1, -0.05) is 11.6 Å². The molecule has 5 heteroatoms. The van der Waals surface area contributed by atoms with Crippen LogP contribution in [0.2, 0.25) is 5.02 Å². The Morgan fingerprint density at radius 1 is 1.64 bits per heavy atom. The summed E-state index contributed by atoms with van der Waals surface area (Å²) >= 11 is 5.70. The van der Waals surface area contributed by atoms with E-state index in [0.29, 0.717) is 5.56 Å². The first kappa shape index (κ1) is 11.2. The van der Waals surface area contributed by atoms with Gasteiger partial charge in [0, 0.05) is 10.6 Å². The molecule has 0 heterocycles. The molecule has 0 radical (unpaired) electrons. The maximum Gasteiger partial charge on any atom is 0.166 e. The third kappa shape index (κ3) is 1.82. The molecule has 1 unspecified atom stereocenters. The predicted octanol–water partition coefficient (Wildman–Crippen LogP) is 1.49. The van der Waals surface area contributed by atoms with E-state index in [9.17, 15) is 9.50 Å². The molecular formula is C9H11ClFNO2. The highest BCUT2D eigenvalue weighted by molar-refractivity contribution is 6.31. The van der Waals surface area contributed by atoms with Crippen LogP contribution >= 0.6 is 11.6 Å². The van der Waals surface area contributed by atoms with Crippen molar-refractivity contribution in [2.24, 2.45) is 5.73 Å². The van der Waals surface area contributed by atoms with Gasteiger partial charge in [-0.25, -0.2) is 4.39 Å². The second kappa shape index (κ2) is 4.13. The molecule has 0 amide bonds. The first-order valence-electron chi connectivity index (χ1n) is 4.03. The maximum atomic E-state index is 13.0. The Hall–Kier alpha value is -0.840. The van der Waals surface area contributed by atoms with Gasteiger partial charge in [0.25, 0.3) is 0 Å². The largest absolute Gasteiger partial charge is 0.505 e. The predicted molar refractivity (Wildman–Crippen MR) is 51.8 cm³/mol. The third-order valence-electron chi connectivity index (χ3n) is 2.06. The summed E-state index contributed by atoms with van der Waals surface area (Å²) in [6, 6.07) is 0.183. The number of benzene rings is 1. The van der Waals surface area contributed by atoms with Crippen molar-refractivity contribution in [2.75, 3.05) is 6.61 Å². The fourth-order valence-corrected chi connectivity index (χ4v) is 1.47. The van der Waals surface area contributed by atoms with Crippen LogP contribution in [-0.2, 0) is 0 Å². The number of aliphatic hydroxyl groups is 1. The second-order valence-corrected chi connectivity index (χ2v) is 3.42. The zero-order valence-corrected chi connectivity index (χ0v) is 8.35. The van der Waals surface area contributed by atoms with Crippen molar-refractivity contribution in [1.82, 2.24) is 0 Å². The molecule has 3 nitrogen and oxygen atoms in total. The highest BCUT2D eigenvalue weighted by Gasteiger charge is 2.18. The van der Waals surface area contributed by atoms with E-state index in [0.717, 1.165) is 6.07 Å². The summed E-state index contributed by atoms with van der Waals surface area (Å²) in [5, 5.41) is 18.4. The zero-order valence-electron chi connectivity index (χ0n) is 7.59. The smallest absolute Gasteiger partial charge is 0.166 e. The van der Waals surface area contributed by atoms with Gasteiger partial charge in [-0.05, 0) is 18.6 Å². The summed E-state index contributed by atoms with van der Waals surface area (Å²) in [4.78, 5) is 0. The fraction of sp³-hybridized carbons (Fsp3) is 0.333. The highest BCUT2D eigenvalue weighted by Crippen LogP contribution is 2.33. The molecule has 0 aromatic heterocycles. The normalized spacial score (nSPS) is 12.9. The van der Waals surface area contributed by atoms with E-state index in [1.807, 2.05) is 0 Å². The van der Waals surface area contributed by atoms with E-state index in [2.05, 4.69) is 0 Å². The van der Waals surface area contributed by atoms with Crippen LogP contribution in [0.1, 0.15) is 17.2 Å². The quantitative estimate of drug-likeness (QED) is 0.706. The van der Waals surface area contributed by atoms with Crippen molar-refractivity contribution in [3.63, 3.8) is 0 Å². The molecule has 0 aliphatic carbocycles. The minimum Gasteiger partial charge on any atom is -0.505 e. The molecule has 1 aromatic rings. The lowest BCUT2D eigenvalue weighted by atomic mass is 10.0. The summed E-state index contributed by atoms with van der Waals surface area (Å²) in [7, 11) is 0. The van der Waals surface area contributed by atoms with Crippen LogP contribution in [-0.4, -0.2) is 16.8 Å². The van der Waals surface area contributed by atoms with E-state index >= 15 is 0 Å². The lowest BCUT2D eigenvalue weighted by molar-refractivity contribution is 0.264. The Labute approximate surface area is 85.9 Å². The molecule has 4 N–H and O–H groups in total. The van der Waals surface area contributed by atoms with Crippen molar-refractivity contribution in [1.29, 1.82) is 0 Å². The van der Waals surface area contributed by atoms with Gasteiger partial charge in [0.2, 0.25) is 0 Å². The Morgan fingerprint density at radius 3 is 2.71 bits per heavy atom. The minimum absolute atomic E-state index is 0.150. The van der Waals surface area contributed by atoms with Crippen molar-refractivity contribution in [3.05, 3.63) is 28.0 Å². The van der Waals surface area contributed by atoms with E-state index in [1.165, 1.54) is 0 Å². The second-order valence-electron chi connectivity index (χ2n) is 3.02. The monoisotopic (exact) mass is 219 g/mol. The molecule has 0 fully saturated rings. The van der Waals surface area contributed by atoms with Crippen LogP contribution < -0.4 is 5.73 Å². The van der Waals surface area contributed by atoms with E-state index in [4.69, 9.17) is 22.4 Å². The fourth-order valence-electron chi connectivity index (χ4n) is 1.27. The van der Waals surface area contributed by atoms with Gasteiger partial charge in [-0.3, -0.25) is 0 Å². The van der Waals surface area contributed by atoms with Crippen LogP contribution in [0.15, 0.2) is 6.07 Å². The first-order chi connectivity index (χ1) is 6.49. The third-order valence-corrected chi connectivity index (χ3v) is 2.46. The van der Waals surface area contributed by atoms with Gasteiger partial charge in [0.05, 0.1) is 12.6 Å². The lowest BCUT2D eigenvalue weighted by Gasteiger charge is -2.15. The van der Waals surface area contributed by atoms with Crippen molar-refractivity contribution in [3.8, 4) is 5.75 Å². The Kier molecular flexibility index (Phi) is 3.31. The molecule has 78 valence electrons. The minimum atomic E-state index is -0.834. The van der Waals surface area contributed by atoms with E-state index in [1.54, 1.807) is 6.92 Å². The van der Waals surface area contributed by atoms with Gasteiger partial charge < -0.3 is 15.9 Å². The molecule has 0 saturated carbocycles. The van der Waals surface area contributed by atoms with Gasteiger partial charge in [-0.2, -0.15) is 0 Å². The molecule has 1 rings (SSSR count). The number of phenolic OH excluding ortho intramolecular Hbond substituents is 1. The molecule has 0 saturated heterocycles. The lowest BCUT2D eigenvalue weighted by Crippen LogP contribution is -2.16. The van der Waals surface area contributed by atoms with Gasteiger partial charge in [0.15, 0.2) is 11.6 Å². The number of aromatic hydroxyl groups is 1. The van der Waals surface area contributed by atoms with Crippen LogP contribution in [0.25, 0.3) is 0 Å². The first-order valence-corrected chi connectivity index (χ1v) is 4.40. The number of halogens is 2. The van der Waals surface area contributed by atoms with Crippen molar-refractivity contribution in [2.45, 2.75) is 13.0 Å². The standard InChI is InChI=1S/C9H11ClFNO2/c1-4-5(10)2-6(11)9(14)8(4)7(12)3-13/h2,7,13-14H,3,12H2,1H3. The number of rotatable bonds is 2. The molecule has 1 atom stereocenters. The summed E-state index contributed by atoms with van der Waals surface area (Å²) < 4.78 is 13.0. The van der Waals surface area contributed by atoms with E-state index in [-0.39, 0.29) is 17.2 Å². The Morgan fingerprint density at radius 2 is 2.21 bits per heavy atom. The van der Waals surface area contributed by atoms with Crippen LogP contribution in [0, 0.1) is 12.7 Å². The number of hydrogen-bond acceptors (Lipinski definition) is 3. The molecule has 1 aromatic carbocycles. The molecule has 14 heavy (non-hydrogen) atoms. The van der Waals surface area contributed by atoms with Crippen molar-refractivity contribution < 1.29 is 14.6 Å². The van der Waals surface area contributed by atoms with Gasteiger partial charge in [-0.15, -0.1) is 0 Å². The molecular weight excluding hydrogens is 209 g/mol. The molecule has 0 aliphatic heterocycles. The summed E-state index contributed by atoms with van der Waals surface area (Å²) in [6.45, 7) is 1.22. The maximum absolute atomic E-state index is 13.0. The molecule has 0 bridgehead atoms. The Balaban J connectivity index is 3.39. The number of nitrogens with two attached hydrogens (primary N) is 1. The van der Waals surface area contributed by atoms with Crippen LogP contribution in [0.5, 0.6) is 5.75 Å². The number of phenols is 1. The number of aliphatic hydroxyl groups excluding tert-OH is 1. The van der Waals surface area contributed by atoms with Crippen LogP contribution in [0.3, 0.4) is 0 Å². The van der Waals surface area contributed by atoms with Crippen molar-refractivity contribution >= 4 is 11.6 Å². The average molecular weight is 220 g/mol. The van der Waals surface area contributed by atoms with Gasteiger partial charge >= 0.3 is 0 Å². The highest BCUT2D eigenvalue weighted by atomic mass is 35.5. The number of hydrogen-bond donors (Lipinski definition) is 3. The zero-order chi connectivity index (χ0) is 10.9. The average Bonchev–Trinajstić information content (AvgIpc) is 2.15. The van der Waals surface area contributed by atoms with Crippen LogP contribution in [0.4, 0.5) is 4.39 Å².